The SMILES string of the molecule is CC(Cc1ccc(CN)cc1)OC(=O)CC(=O)O.Cl. The summed E-state index contributed by atoms with van der Waals surface area (Å²) in [7, 11) is 0. The highest BCUT2D eigenvalue weighted by atomic mass is 35.5. The zero-order valence-corrected chi connectivity index (χ0v) is 11.5. The molecule has 1 atom stereocenters. The molecule has 106 valence electrons. The molecule has 6 heteroatoms. The fourth-order valence-electron chi connectivity index (χ4n) is 1.57. The molecule has 0 spiro atoms. The maximum atomic E-state index is 11.1. The third-order valence-electron chi connectivity index (χ3n) is 2.41. The van der Waals surface area contributed by atoms with Gasteiger partial charge in [0.2, 0.25) is 0 Å². The number of hydrogen-bond acceptors (Lipinski definition) is 4. The van der Waals surface area contributed by atoms with E-state index in [1.807, 2.05) is 24.3 Å². The summed E-state index contributed by atoms with van der Waals surface area (Å²) in [4.78, 5) is 21.4. The van der Waals surface area contributed by atoms with Gasteiger partial charge < -0.3 is 15.6 Å². The van der Waals surface area contributed by atoms with Gasteiger partial charge in [-0.1, -0.05) is 24.3 Å². The molecule has 0 bridgehead atoms. The van der Waals surface area contributed by atoms with Gasteiger partial charge in [-0.2, -0.15) is 0 Å². The number of rotatable bonds is 6. The van der Waals surface area contributed by atoms with Crippen molar-refractivity contribution in [1.29, 1.82) is 0 Å². The van der Waals surface area contributed by atoms with Gasteiger partial charge >= 0.3 is 11.9 Å². The molecule has 0 saturated carbocycles. The number of nitrogens with two attached hydrogens (primary N) is 1. The summed E-state index contributed by atoms with van der Waals surface area (Å²) in [6, 6.07) is 7.68. The van der Waals surface area contributed by atoms with Crippen LogP contribution in [-0.4, -0.2) is 23.1 Å². The zero-order valence-electron chi connectivity index (χ0n) is 10.7. The smallest absolute Gasteiger partial charge is 0.317 e. The average molecular weight is 288 g/mol. The molecule has 0 aliphatic heterocycles. The van der Waals surface area contributed by atoms with E-state index < -0.39 is 18.4 Å². The summed E-state index contributed by atoms with van der Waals surface area (Å²) >= 11 is 0. The second-order valence-corrected chi connectivity index (χ2v) is 4.10. The first-order valence-electron chi connectivity index (χ1n) is 5.70. The number of carbonyl (C=O) groups is 2. The van der Waals surface area contributed by atoms with Crippen LogP contribution in [0.25, 0.3) is 0 Å². The summed E-state index contributed by atoms with van der Waals surface area (Å²) in [5.74, 6) is -1.90. The van der Waals surface area contributed by atoms with E-state index >= 15 is 0 Å². The summed E-state index contributed by atoms with van der Waals surface area (Å²) < 4.78 is 4.98. The Morgan fingerprint density at radius 3 is 2.26 bits per heavy atom. The zero-order chi connectivity index (χ0) is 13.5. The standard InChI is InChI=1S/C13H17NO4.ClH/c1-9(18-13(17)7-12(15)16)6-10-2-4-11(8-14)5-3-10;/h2-5,9H,6-8,14H2,1H3,(H,15,16);1H. The van der Waals surface area contributed by atoms with E-state index in [4.69, 9.17) is 15.6 Å². The fraction of sp³-hybridized carbons (Fsp3) is 0.385. The molecule has 0 amide bonds. The Morgan fingerprint density at radius 2 is 1.79 bits per heavy atom. The topological polar surface area (TPSA) is 89.6 Å². The molecule has 3 N–H and O–H groups in total. The van der Waals surface area contributed by atoms with Crippen LogP contribution in [0.5, 0.6) is 0 Å². The van der Waals surface area contributed by atoms with Gasteiger partial charge in [0, 0.05) is 13.0 Å². The highest BCUT2D eigenvalue weighted by Crippen LogP contribution is 2.09. The number of carboxylic acid groups (broad SMARTS) is 1. The van der Waals surface area contributed by atoms with E-state index in [-0.39, 0.29) is 18.5 Å². The summed E-state index contributed by atoms with van der Waals surface area (Å²) in [5, 5.41) is 8.43. The highest BCUT2D eigenvalue weighted by molar-refractivity contribution is 5.90. The molecule has 1 aromatic carbocycles. The van der Waals surface area contributed by atoms with Crippen molar-refractivity contribution in [3.63, 3.8) is 0 Å². The number of ether oxygens (including phenoxy) is 1. The molecular formula is C13H18ClNO4. The van der Waals surface area contributed by atoms with Crippen molar-refractivity contribution in [2.45, 2.75) is 32.4 Å². The van der Waals surface area contributed by atoms with Crippen LogP contribution in [0.15, 0.2) is 24.3 Å². The van der Waals surface area contributed by atoms with Crippen molar-refractivity contribution in [3.8, 4) is 0 Å². The molecule has 1 aromatic rings. The van der Waals surface area contributed by atoms with E-state index in [0.717, 1.165) is 11.1 Å². The first-order chi connectivity index (χ1) is 8.51. The van der Waals surface area contributed by atoms with Crippen molar-refractivity contribution in [1.82, 2.24) is 0 Å². The minimum absolute atomic E-state index is 0. The largest absolute Gasteiger partial charge is 0.481 e. The van der Waals surface area contributed by atoms with Crippen molar-refractivity contribution in [2.75, 3.05) is 0 Å². The minimum atomic E-state index is -1.18. The number of esters is 1. The predicted octanol–water partition coefficient (Wildman–Crippen LogP) is 1.52. The van der Waals surface area contributed by atoms with Gasteiger partial charge in [0.25, 0.3) is 0 Å². The molecule has 0 aliphatic rings. The molecule has 0 saturated heterocycles. The van der Waals surface area contributed by atoms with Crippen LogP contribution < -0.4 is 5.73 Å². The van der Waals surface area contributed by atoms with E-state index in [2.05, 4.69) is 0 Å². The number of aliphatic carboxylic acids is 1. The Labute approximate surface area is 118 Å². The first-order valence-corrected chi connectivity index (χ1v) is 5.70. The van der Waals surface area contributed by atoms with Gasteiger partial charge in [-0.15, -0.1) is 12.4 Å². The van der Waals surface area contributed by atoms with E-state index in [1.54, 1.807) is 6.92 Å². The van der Waals surface area contributed by atoms with E-state index in [1.165, 1.54) is 0 Å². The van der Waals surface area contributed by atoms with Crippen LogP contribution in [0, 0.1) is 0 Å². The quantitative estimate of drug-likeness (QED) is 0.611. The predicted molar refractivity (Wildman–Crippen MR) is 73.1 cm³/mol. The Bertz CT molecular complexity index is 419. The second kappa shape index (κ2) is 8.50. The molecule has 1 rings (SSSR count). The summed E-state index contributed by atoms with van der Waals surface area (Å²) in [5.41, 5.74) is 7.54. The monoisotopic (exact) mass is 287 g/mol. The Balaban J connectivity index is 0.00000324. The van der Waals surface area contributed by atoms with Gasteiger partial charge in [0.05, 0.1) is 0 Å². The van der Waals surface area contributed by atoms with Crippen LogP contribution in [0.4, 0.5) is 0 Å². The van der Waals surface area contributed by atoms with E-state index in [0.29, 0.717) is 13.0 Å². The van der Waals surface area contributed by atoms with Crippen molar-refractivity contribution in [3.05, 3.63) is 35.4 Å². The second-order valence-electron chi connectivity index (χ2n) is 4.10. The number of carbonyl (C=O) groups excluding carboxylic acids is 1. The van der Waals surface area contributed by atoms with Crippen LogP contribution in [0.1, 0.15) is 24.5 Å². The number of halogens is 1. The van der Waals surface area contributed by atoms with Crippen LogP contribution in [0.2, 0.25) is 0 Å². The normalized spacial score (nSPS) is 11.3. The summed E-state index contributed by atoms with van der Waals surface area (Å²) in [6.45, 7) is 2.22. The van der Waals surface area contributed by atoms with Crippen LogP contribution in [-0.2, 0) is 27.3 Å². The first kappa shape index (κ1) is 17.4. The lowest BCUT2D eigenvalue weighted by molar-refractivity contribution is -0.154. The number of hydrogen-bond donors (Lipinski definition) is 2. The fourth-order valence-corrected chi connectivity index (χ4v) is 1.57. The van der Waals surface area contributed by atoms with Crippen molar-refractivity contribution >= 4 is 24.3 Å². The molecule has 19 heavy (non-hydrogen) atoms. The lowest BCUT2D eigenvalue weighted by Gasteiger charge is -2.12. The third kappa shape index (κ3) is 6.79. The lowest BCUT2D eigenvalue weighted by atomic mass is 10.1. The molecule has 0 radical (unpaired) electrons. The third-order valence-corrected chi connectivity index (χ3v) is 2.41. The van der Waals surface area contributed by atoms with Gasteiger partial charge in [-0.05, 0) is 18.1 Å². The molecule has 0 aliphatic carbocycles. The van der Waals surface area contributed by atoms with Crippen molar-refractivity contribution < 1.29 is 19.4 Å². The molecule has 1 unspecified atom stereocenters. The maximum Gasteiger partial charge on any atom is 0.317 e. The van der Waals surface area contributed by atoms with Gasteiger partial charge in [0.1, 0.15) is 12.5 Å². The highest BCUT2D eigenvalue weighted by Gasteiger charge is 2.13. The maximum absolute atomic E-state index is 11.1. The number of benzene rings is 1. The van der Waals surface area contributed by atoms with Gasteiger partial charge in [-0.3, -0.25) is 9.59 Å². The minimum Gasteiger partial charge on any atom is -0.481 e. The lowest BCUT2D eigenvalue weighted by Crippen LogP contribution is -2.19. The Hall–Kier alpha value is -1.59. The van der Waals surface area contributed by atoms with Crippen LogP contribution >= 0.6 is 12.4 Å². The molecule has 5 nitrogen and oxygen atoms in total. The van der Waals surface area contributed by atoms with Gasteiger partial charge in [0.15, 0.2) is 0 Å². The van der Waals surface area contributed by atoms with E-state index in [9.17, 15) is 9.59 Å². The molecular weight excluding hydrogens is 270 g/mol. The molecule has 0 fully saturated rings. The van der Waals surface area contributed by atoms with Crippen LogP contribution in [0.3, 0.4) is 0 Å². The van der Waals surface area contributed by atoms with Crippen molar-refractivity contribution in [2.24, 2.45) is 5.73 Å². The summed E-state index contributed by atoms with van der Waals surface area (Å²) in [6.07, 6.45) is -0.396. The Kier molecular flexibility index (Phi) is 7.79. The van der Waals surface area contributed by atoms with Gasteiger partial charge in [-0.25, -0.2) is 0 Å². The molecule has 0 heterocycles. The average Bonchev–Trinajstić information content (AvgIpc) is 2.28. The number of carboxylic acids is 1. The molecule has 0 aromatic heterocycles. The Morgan fingerprint density at radius 1 is 1.26 bits per heavy atom.